The van der Waals surface area contributed by atoms with Crippen molar-refractivity contribution in [1.82, 2.24) is 10.3 Å². The molecule has 1 atom stereocenters. The highest BCUT2D eigenvalue weighted by atomic mass is 19.1. The Morgan fingerprint density at radius 2 is 1.91 bits per heavy atom. The molecule has 35 heavy (non-hydrogen) atoms. The Balaban J connectivity index is 1.59. The smallest absolute Gasteiger partial charge is 0.247 e. The van der Waals surface area contributed by atoms with E-state index >= 15 is 4.39 Å². The minimum Gasteiger partial charge on any atom is -0.491 e. The number of hydrogen-bond donors (Lipinski definition) is 5. The maximum Gasteiger partial charge on any atom is 0.247 e. The van der Waals surface area contributed by atoms with Crippen LogP contribution in [0.15, 0.2) is 61.2 Å². The number of hydrogen-bond acceptors (Lipinski definition) is 8. The van der Waals surface area contributed by atoms with Gasteiger partial charge in [0.1, 0.15) is 24.4 Å². The van der Waals surface area contributed by atoms with Gasteiger partial charge in [-0.25, -0.2) is 9.37 Å². The van der Waals surface area contributed by atoms with Crippen LogP contribution >= 0.6 is 0 Å². The van der Waals surface area contributed by atoms with Crippen LogP contribution in [0.4, 0.5) is 33.1 Å². The van der Waals surface area contributed by atoms with E-state index in [-0.39, 0.29) is 18.3 Å². The van der Waals surface area contributed by atoms with Gasteiger partial charge in [0, 0.05) is 41.8 Å². The second-order valence-corrected chi connectivity index (χ2v) is 7.69. The number of pyridine rings is 1. The number of methoxy groups -OCH3 is 1. The predicted molar refractivity (Wildman–Crippen MR) is 132 cm³/mol. The molecule has 0 radical (unpaired) electrons. The fourth-order valence-electron chi connectivity index (χ4n) is 3.59. The van der Waals surface area contributed by atoms with Crippen LogP contribution in [0, 0.1) is 5.82 Å². The van der Waals surface area contributed by atoms with E-state index in [1.54, 1.807) is 55.6 Å². The number of aromatic nitrogens is 1. The molecule has 0 saturated heterocycles. The predicted octanol–water partition coefficient (Wildman–Crippen LogP) is 3.95. The number of carbonyl (C=O) groups excluding carboxylic acids is 1. The van der Waals surface area contributed by atoms with Gasteiger partial charge in [0.05, 0.1) is 6.61 Å². The number of aliphatic hydroxyl groups is 1. The Hall–Kier alpha value is -3.99. The Labute approximate surface area is 202 Å². The highest BCUT2D eigenvalue weighted by Gasteiger charge is 2.30. The summed E-state index contributed by atoms with van der Waals surface area (Å²) in [5.74, 6) is 0.0412. The summed E-state index contributed by atoms with van der Waals surface area (Å²) in [6.07, 6.45) is 0.105. The molecule has 1 aliphatic rings. The van der Waals surface area contributed by atoms with E-state index < -0.39 is 12.0 Å². The SMILES string of the molecule is C=CC(=O)Nc1cccc(Nc2nc(Nc3ccc(OCCOC)cc3)c3c(c2F)CNC3O)c1. The van der Waals surface area contributed by atoms with Crippen LogP contribution in [-0.4, -0.2) is 36.3 Å². The average molecular weight is 480 g/mol. The van der Waals surface area contributed by atoms with Crippen molar-refractivity contribution in [2.75, 3.05) is 36.3 Å². The van der Waals surface area contributed by atoms with Crippen molar-refractivity contribution >= 4 is 34.6 Å². The summed E-state index contributed by atoms with van der Waals surface area (Å²) >= 11 is 0. The van der Waals surface area contributed by atoms with Crippen molar-refractivity contribution < 1.29 is 23.8 Å². The number of amides is 1. The van der Waals surface area contributed by atoms with Gasteiger partial charge in [-0.2, -0.15) is 0 Å². The second-order valence-electron chi connectivity index (χ2n) is 7.69. The van der Waals surface area contributed by atoms with Crippen LogP contribution in [0.2, 0.25) is 0 Å². The molecule has 9 nitrogen and oxygen atoms in total. The van der Waals surface area contributed by atoms with Gasteiger partial charge in [-0.15, -0.1) is 0 Å². The third-order valence-electron chi connectivity index (χ3n) is 5.27. The fourth-order valence-corrected chi connectivity index (χ4v) is 3.59. The third-order valence-corrected chi connectivity index (χ3v) is 5.27. The molecule has 5 N–H and O–H groups in total. The zero-order valence-electron chi connectivity index (χ0n) is 19.1. The lowest BCUT2D eigenvalue weighted by Crippen LogP contribution is -2.12. The van der Waals surface area contributed by atoms with Crippen LogP contribution in [0.25, 0.3) is 0 Å². The van der Waals surface area contributed by atoms with Gasteiger partial charge in [0.15, 0.2) is 11.6 Å². The molecule has 0 spiro atoms. The molecule has 1 aromatic heterocycles. The third kappa shape index (κ3) is 5.75. The first-order chi connectivity index (χ1) is 17.0. The highest BCUT2D eigenvalue weighted by Crippen LogP contribution is 2.37. The van der Waals surface area contributed by atoms with Crippen LogP contribution in [0.1, 0.15) is 17.4 Å². The normalized spacial score (nSPS) is 14.2. The van der Waals surface area contributed by atoms with Crippen molar-refractivity contribution in [3.05, 3.63) is 78.1 Å². The van der Waals surface area contributed by atoms with Crippen LogP contribution in [-0.2, 0) is 16.1 Å². The van der Waals surface area contributed by atoms with Gasteiger partial charge >= 0.3 is 0 Å². The first-order valence-corrected chi connectivity index (χ1v) is 10.9. The summed E-state index contributed by atoms with van der Waals surface area (Å²) in [6.45, 7) is 4.49. The molecule has 0 aliphatic carbocycles. The summed E-state index contributed by atoms with van der Waals surface area (Å²) in [5, 5.41) is 22.0. The van der Waals surface area contributed by atoms with Crippen molar-refractivity contribution in [2.24, 2.45) is 0 Å². The molecule has 1 aliphatic heterocycles. The Kier molecular flexibility index (Phi) is 7.56. The number of aliphatic hydroxyl groups excluding tert-OH is 1. The number of carbonyl (C=O) groups is 1. The molecular formula is C25H26FN5O4. The lowest BCUT2D eigenvalue weighted by Gasteiger charge is -2.17. The first-order valence-electron chi connectivity index (χ1n) is 10.9. The van der Waals surface area contributed by atoms with Crippen LogP contribution in [0.5, 0.6) is 5.75 Å². The van der Waals surface area contributed by atoms with Crippen LogP contribution < -0.4 is 26.0 Å². The maximum atomic E-state index is 15.3. The van der Waals surface area contributed by atoms with Crippen LogP contribution in [0.3, 0.4) is 0 Å². The number of anilines is 5. The van der Waals surface area contributed by atoms with Gasteiger partial charge in [0.25, 0.3) is 0 Å². The second kappa shape index (κ2) is 11.0. The number of nitrogens with one attached hydrogen (secondary N) is 4. The minimum absolute atomic E-state index is 0.0196. The molecule has 4 rings (SSSR count). The first kappa shape index (κ1) is 24.1. The lowest BCUT2D eigenvalue weighted by atomic mass is 10.1. The Morgan fingerprint density at radius 1 is 1.17 bits per heavy atom. The molecule has 3 aromatic rings. The molecule has 10 heteroatoms. The van der Waals surface area contributed by atoms with E-state index in [2.05, 4.69) is 32.8 Å². The zero-order chi connectivity index (χ0) is 24.8. The minimum atomic E-state index is -1.06. The number of benzene rings is 2. The standard InChI is InChI=1S/C25H26FN5O4/c1-3-20(32)28-16-5-4-6-17(13-16)30-24-22(26)19-14-27-25(33)21(19)23(31-24)29-15-7-9-18(10-8-15)35-12-11-34-2/h3-10,13,25,27,33H,1,11-12,14H2,2H3,(H,28,32)(H2,29,30,31). The molecule has 1 amide bonds. The molecule has 0 saturated carbocycles. The van der Waals surface area contributed by atoms with E-state index in [4.69, 9.17) is 9.47 Å². The van der Waals surface area contributed by atoms with Gasteiger partial charge in [-0.05, 0) is 48.5 Å². The summed E-state index contributed by atoms with van der Waals surface area (Å²) in [6, 6.07) is 14.0. The van der Waals surface area contributed by atoms with E-state index in [9.17, 15) is 9.90 Å². The Morgan fingerprint density at radius 3 is 2.66 bits per heavy atom. The van der Waals surface area contributed by atoms with E-state index in [0.29, 0.717) is 53.0 Å². The summed E-state index contributed by atoms with van der Waals surface area (Å²) in [7, 11) is 1.61. The fraction of sp³-hybridized carbons (Fsp3) is 0.200. The van der Waals surface area contributed by atoms with Crippen molar-refractivity contribution in [1.29, 1.82) is 0 Å². The van der Waals surface area contributed by atoms with Crippen molar-refractivity contribution in [3.8, 4) is 5.75 Å². The van der Waals surface area contributed by atoms with Crippen molar-refractivity contribution in [3.63, 3.8) is 0 Å². The van der Waals surface area contributed by atoms with Gasteiger partial charge in [-0.3, -0.25) is 10.1 Å². The number of fused-ring (bicyclic) bond motifs is 1. The van der Waals surface area contributed by atoms with Crippen molar-refractivity contribution in [2.45, 2.75) is 12.8 Å². The molecular weight excluding hydrogens is 453 g/mol. The topological polar surface area (TPSA) is 117 Å². The van der Waals surface area contributed by atoms with Gasteiger partial charge in [0.2, 0.25) is 5.91 Å². The quantitative estimate of drug-likeness (QED) is 0.219. The molecule has 2 aromatic carbocycles. The highest BCUT2D eigenvalue weighted by molar-refractivity contribution is 5.99. The number of nitrogens with zero attached hydrogens (tertiary/aromatic N) is 1. The summed E-state index contributed by atoms with van der Waals surface area (Å²) < 4.78 is 25.9. The maximum absolute atomic E-state index is 15.3. The van der Waals surface area contributed by atoms with E-state index in [1.165, 1.54) is 0 Å². The molecule has 0 bridgehead atoms. The average Bonchev–Trinajstić information content (AvgIpc) is 3.25. The van der Waals surface area contributed by atoms with E-state index in [1.807, 2.05) is 0 Å². The summed E-state index contributed by atoms with van der Waals surface area (Å²) in [5.41, 5.74) is 2.39. The summed E-state index contributed by atoms with van der Waals surface area (Å²) in [4.78, 5) is 16.0. The molecule has 1 unspecified atom stereocenters. The Bertz CT molecular complexity index is 1220. The lowest BCUT2D eigenvalue weighted by molar-refractivity contribution is -0.111. The largest absolute Gasteiger partial charge is 0.491 e. The zero-order valence-corrected chi connectivity index (χ0v) is 19.1. The van der Waals surface area contributed by atoms with Gasteiger partial charge < -0.3 is 30.5 Å². The monoisotopic (exact) mass is 479 g/mol. The number of ether oxygens (including phenoxy) is 2. The molecule has 182 valence electrons. The van der Waals surface area contributed by atoms with E-state index in [0.717, 1.165) is 6.08 Å². The van der Waals surface area contributed by atoms with Gasteiger partial charge in [-0.1, -0.05) is 12.6 Å². The number of halogens is 1. The number of rotatable bonds is 10. The molecule has 2 heterocycles. The molecule has 0 fully saturated rings.